The molecule has 3 aromatic rings. The van der Waals surface area contributed by atoms with Crippen molar-refractivity contribution in [2.45, 2.75) is 26.1 Å². The average molecular weight is 541 g/mol. The Hall–Kier alpha value is -3.64. The second kappa shape index (κ2) is 11.0. The van der Waals surface area contributed by atoms with Crippen molar-refractivity contribution in [3.8, 4) is 10.4 Å². The van der Waals surface area contributed by atoms with E-state index in [1.165, 1.54) is 6.20 Å². The topological polar surface area (TPSA) is 120 Å². The van der Waals surface area contributed by atoms with Crippen LogP contribution in [0, 0.1) is 5.92 Å². The second-order valence-electron chi connectivity index (χ2n) is 7.91. The van der Waals surface area contributed by atoms with Crippen LogP contribution in [0.5, 0.6) is 0 Å². The number of alkyl halides is 3. The van der Waals surface area contributed by atoms with Gasteiger partial charge in [-0.05, 0) is 41.8 Å². The number of carboxylic acid groups (broad SMARTS) is 1. The molecule has 0 bridgehead atoms. The fourth-order valence-corrected chi connectivity index (χ4v) is 4.08. The van der Waals surface area contributed by atoms with Crippen molar-refractivity contribution in [3.05, 3.63) is 64.3 Å². The molecule has 0 aliphatic carbocycles. The molecule has 2 aromatic carbocycles. The van der Waals surface area contributed by atoms with Crippen molar-refractivity contribution in [2.24, 2.45) is 5.92 Å². The van der Waals surface area contributed by atoms with Crippen LogP contribution in [0.4, 0.5) is 29.3 Å². The first-order chi connectivity index (χ1) is 16.8. The third-order valence-electron chi connectivity index (χ3n) is 4.89. The number of benzene rings is 2. The summed E-state index contributed by atoms with van der Waals surface area (Å²) in [4.78, 5) is 40.6. The first-order valence-corrected chi connectivity index (χ1v) is 11.6. The predicted octanol–water partition coefficient (Wildman–Crippen LogP) is 5.97. The third-order valence-corrected chi connectivity index (χ3v) is 6.25. The summed E-state index contributed by atoms with van der Waals surface area (Å²) in [6.07, 6.45) is -3.07. The van der Waals surface area contributed by atoms with Crippen LogP contribution in [0.1, 0.15) is 29.2 Å². The molecule has 190 valence electrons. The van der Waals surface area contributed by atoms with E-state index < -0.39 is 35.7 Å². The maximum absolute atomic E-state index is 12.8. The molecule has 0 aliphatic heterocycles. The zero-order chi connectivity index (χ0) is 26.6. The lowest BCUT2D eigenvalue weighted by molar-refractivity contribution is -0.140. The molecule has 3 amide bonds. The summed E-state index contributed by atoms with van der Waals surface area (Å²) in [7, 11) is 0. The van der Waals surface area contributed by atoms with E-state index in [9.17, 15) is 32.7 Å². The van der Waals surface area contributed by atoms with Crippen molar-refractivity contribution in [2.75, 3.05) is 10.6 Å². The van der Waals surface area contributed by atoms with Crippen LogP contribution in [0.3, 0.4) is 0 Å². The molecule has 0 radical (unpaired) electrons. The summed E-state index contributed by atoms with van der Waals surface area (Å²) in [5.74, 6) is -2.04. The van der Waals surface area contributed by atoms with Gasteiger partial charge in [-0.2, -0.15) is 13.2 Å². The second-order valence-corrected chi connectivity index (χ2v) is 9.35. The summed E-state index contributed by atoms with van der Waals surface area (Å²) in [6.45, 7) is 3.36. The Kier molecular flexibility index (Phi) is 8.21. The van der Waals surface area contributed by atoms with Gasteiger partial charge in [-0.3, -0.25) is 4.79 Å². The summed E-state index contributed by atoms with van der Waals surface area (Å²) >= 11 is 6.92. The van der Waals surface area contributed by atoms with E-state index in [1.54, 1.807) is 38.1 Å². The van der Waals surface area contributed by atoms with Gasteiger partial charge in [0.2, 0.25) is 0 Å². The normalized spacial score (nSPS) is 12.2. The molecule has 0 fully saturated rings. The van der Waals surface area contributed by atoms with Crippen LogP contribution in [-0.4, -0.2) is 34.0 Å². The Labute approximate surface area is 212 Å². The molecule has 1 aromatic heterocycles. The smallest absolute Gasteiger partial charge is 0.416 e. The first-order valence-electron chi connectivity index (χ1n) is 10.4. The van der Waals surface area contributed by atoms with E-state index in [-0.39, 0.29) is 21.6 Å². The number of carbonyl (C=O) groups is 3. The number of halogens is 4. The van der Waals surface area contributed by atoms with Gasteiger partial charge in [-0.1, -0.05) is 37.6 Å². The number of hydrogen-bond donors (Lipinski definition) is 4. The quantitative estimate of drug-likeness (QED) is 0.294. The van der Waals surface area contributed by atoms with Gasteiger partial charge in [-0.25, -0.2) is 14.6 Å². The molecule has 3 rings (SSSR count). The van der Waals surface area contributed by atoms with E-state index in [0.717, 1.165) is 29.5 Å². The van der Waals surface area contributed by atoms with Gasteiger partial charge in [-0.15, -0.1) is 11.3 Å². The maximum atomic E-state index is 12.8. The molecule has 8 nitrogen and oxygen atoms in total. The largest absolute Gasteiger partial charge is 0.480 e. The Bertz CT molecular complexity index is 1280. The van der Waals surface area contributed by atoms with Crippen LogP contribution in [-0.2, 0) is 11.0 Å². The number of carboxylic acids is 1. The van der Waals surface area contributed by atoms with Crippen molar-refractivity contribution >= 4 is 52.2 Å². The van der Waals surface area contributed by atoms with Crippen molar-refractivity contribution < 1.29 is 32.7 Å². The number of hydrogen-bond acceptors (Lipinski definition) is 5. The minimum Gasteiger partial charge on any atom is -0.480 e. The summed E-state index contributed by atoms with van der Waals surface area (Å²) in [6, 6.07) is 7.35. The summed E-state index contributed by atoms with van der Waals surface area (Å²) in [5, 5.41) is 16.5. The van der Waals surface area contributed by atoms with Crippen LogP contribution in [0.25, 0.3) is 10.4 Å². The highest BCUT2D eigenvalue weighted by molar-refractivity contribution is 7.17. The lowest BCUT2D eigenvalue weighted by Gasteiger charge is -2.16. The predicted molar refractivity (Wildman–Crippen MR) is 130 cm³/mol. The van der Waals surface area contributed by atoms with Gasteiger partial charge in [0.05, 0.1) is 21.2 Å². The zero-order valence-corrected chi connectivity index (χ0v) is 20.4. The highest BCUT2D eigenvalue weighted by Crippen LogP contribution is 2.34. The SMILES string of the molecule is CC(C)[C@H](NC(=O)c1ncc(-c2ccc(NC(=O)Nc3ccc(C(F)(F)F)cc3Cl)cc2)s1)C(=O)O. The number of nitrogens with zero attached hydrogens (tertiary/aromatic N) is 1. The van der Waals surface area contributed by atoms with Gasteiger partial charge < -0.3 is 21.1 Å². The third kappa shape index (κ3) is 6.73. The molecule has 1 atom stereocenters. The minimum absolute atomic E-state index is 0.0110. The highest BCUT2D eigenvalue weighted by atomic mass is 35.5. The van der Waals surface area contributed by atoms with Crippen LogP contribution >= 0.6 is 22.9 Å². The molecule has 0 aliphatic rings. The Morgan fingerprint density at radius 2 is 1.72 bits per heavy atom. The number of carbonyl (C=O) groups excluding carboxylic acids is 2. The van der Waals surface area contributed by atoms with Gasteiger partial charge >= 0.3 is 18.2 Å². The monoisotopic (exact) mass is 540 g/mol. The fourth-order valence-electron chi connectivity index (χ4n) is 3.02. The zero-order valence-electron chi connectivity index (χ0n) is 18.8. The number of rotatable bonds is 7. The molecule has 0 saturated heterocycles. The number of anilines is 2. The molecule has 36 heavy (non-hydrogen) atoms. The van der Waals surface area contributed by atoms with E-state index in [0.29, 0.717) is 16.1 Å². The van der Waals surface area contributed by atoms with Crippen molar-refractivity contribution in [3.63, 3.8) is 0 Å². The Morgan fingerprint density at radius 1 is 1.06 bits per heavy atom. The maximum Gasteiger partial charge on any atom is 0.416 e. The lowest BCUT2D eigenvalue weighted by Crippen LogP contribution is -2.44. The number of aromatic nitrogens is 1. The fraction of sp³-hybridized carbons (Fsp3) is 0.217. The molecule has 0 saturated carbocycles. The number of nitrogens with one attached hydrogen (secondary N) is 3. The van der Waals surface area contributed by atoms with Crippen LogP contribution < -0.4 is 16.0 Å². The highest BCUT2D eigenvalue weighted by Gasteiger charge is 2.31. The Balaban J connectivity index is 1.63. The van der Waals surface area contributed by atoms with E-state index in [2.05, 4.69) is 20.9 Å². The molecular weight excluding hydrogens is 521 g/mol. The molecule has 0 spiro atoms. The van der Waals surface area contributed by atoms with Crippen LogP contribution in [0.2, 0.25) is 5.02 Å². The average Bonchev–Trinajstić information content (AvgIpc) is 3.28. The number of amides is 3. The molecular formula is C23H20ClF3N4O4S. The van der Waals surface area contributed by atoms with Gasteiger partial charge in [0, 0.05) is 11.9 Å². The number of urea groups is 1. The number of thiazole rings is 1. The first kappa shape index (κ1) is 27.0. The molecule has 4 N–H and O–H groups in total. The summed E-state index contributed by atoms with van der Waals surface area (Å²) < 4.78 is 38.3. The van der Waals surface area contributed by atoms with E-state index in [4.69, 9.17) is 11.6 Å². The van der Waals surface area contributed by atoms with Gasteiger partial charge in [0.1, 0.15) is 6.04 Å². The molecule has 0 unspecified atom stereocenters. The van der Waals surface area contributed by atoms with Crippen LogP contribution in [0.15, 0.2) is 48.7 Å². The Morgan fingerprint density at radius 3 is 2.28 bits per heavy atom. The summed E-state index contributed by atoms with van der Waals surface area (Å²) in [5.41, 5.74) is 0.168. The van der Waals surface area contributed by atoms with Crippen molar-refractivity contribution in [1.82, 2.24) is 10.3 Å². The molecule has 13 heteroatoms. The minimum atomic E-state index is -4.55. The van der Waals surface area contributed by atoms with Crippen molar-refractivity contribution in [1.29, 1.82) is 0 Å². The van der Waals surface area contributed by atoms with Gasteiger partial charge in [0.25, 0.3) is 5.91 Å². The molecule has 1 heterocycles. The van der Waals surface area contributed by atoms with E-state index in [1.807, 2.05) is 0 Å². The standard InChI is InChI=1S/C23H20ClF3N4O4S/c1-11(2)18(21(33)34)31-19(32)20-28-10-17(36-20)12-3-6-14(7-4-12)29-22(35)30-16-8-5-13(9-15(16)24)23(25,26)27/h3-11,18H,1-2H3,(H,31,32)(H,33,34)(H2,29,30,35)/t18-/m0/s1. The lowest BCUT2D eigenvalue weighted by atomic mass is 10.1. The van der Waals surface area contributed by atoms with E-state index >= 15 is 0 Å². The van der Waals surface area contributed by atoms with Gasteiger partial charge in [0.15, 0.2) is 5.01 Å². The number of aliphatic carboxylic acids is 1.